The van der Waals surface area contributed by atoms with Crippen LogP contribution < -0.4 is 9.47 Å². The Morgan fingerprint density at radius 1 is 1.56 bits per heavy atom. The highest BCUT2D eigenvalue weighted by molar-refractivity contribution is 6.32. The van der Waals surface area contributed by atoms with Crippen LogP contribution >= 0.6 is 11.6 Å². The molecule has 18 heavy (non-hydrogen) atoms. The summed E-state index contributed by atoms with van der Waals surface area (Å²) in [5.74, 6) is 0.299. The number of carboxylic acid groups (broad SMARTS) is 1. The van der Waals surface area contributed by atoms with Crippen molar-refractivity contribution in [3.05, 3.63) is 22.7 Å². The second-order valence-corrected chi connectivity index (χ2v) is 4.65. The first-order valence-electron chi connectivity index (χ1n) is 5.50. The van der Waals surface area contributed by atoms with Gasteiger partial charge in [0.15, 0.2) is 11.5 Å². The van der Waals surface area contributed by atoms with Crippen molar-refractivity contribution in [2.24, 2.45) is 0 Å². The monoisotopic (exact) mass is 271 g/mol. The third-order valence-electron chi connectivity index (χ3n) is 2.94. The van der Waals surface area contributed by atoms with Gasteiger partial charge in [0.1, 0.15) is 6.04 Å². The highest BCUT2D eigenvalue weighted by Gasteiger charge is 2.21. The topological polar surface area (TPSA) is 59.0 Å². The second-order valence-electron chi connectivity index (χ2n) is 4.24. The molecule has 6 heteroatoms. The molecule has 1 aliphatic heterocycles. The van der Waals surface area contributed by atoms with Gasteiger partial charge in [-0.3, -0.25) is 9.69 Å². The zero-order valence-corrected chi connectivity index (χ0v) is 10.9. The molecule has 0 saturated carbocycles. The summed E-state index contributed by atoms with van der Waals surface area (Å²) < 4.78 is 10.5. The van der Waals surface area contributed by atoms with Crippen molar-refractivity contribution >= 4 is 17.6 Å². The first kappa shape index (κ1) is 13.0. The van der Waals surface area contributed by atoms with Gasteiger partial charge in [-0.2, -0.15) is 0 Å². The third-order valence-corrected chi connectivity index (χ3v) is 3.22. The molecule has 0 amide bonds. The Labute approximate surface area is 110 Å². The number of ether oxygens (including phenoxy) is 2. The lowest BCUT2D eigenvalue weighted by molar-refractivity contribution is -0.142. The van der Waals surface area contributed by atoms with Crippen LogP contribution in [0.5, 0.6) is 11.5 Å². The summed E-state index contributed by atoms with van der Waals surface area (Å²) in [6.45, 7) is 2.28. The van der Waals surface area contributed by atoms with Crippen LogP contribution in [0.2, 0.25) is 5.02 Å². The van der Waals surface area contributed by atoms with Gasteiger partial charge in [-0.15, -0.1) is 0 Å². The zero-order valence-electron chi connectivity index (χ0n) is 10.1. The minimum absolute atomic E-state index is 0.167. The van der Waals surface area contributed by atoms with Crippen molar-refractivity contribution < 1.29 is 19.4 Å². The molecular weight excluding hydrogens is 258 g/mol. The lowest BCUT2D eigenvalue weighted by Crippen LogP contribution is -2.35. The summed E-state index contributed by atoms with van der Waals surface area (Å²) in [5, 5.41) is 9.41. The van der Waals surface area contributed by atoms with Crippen molar-refractivity contribution in [1.82, 2.24) is 4.90 Å². The Balaban J connectivity index is 2.15. The van der Waals surface area contributed by atoms with Gasteiger partial charge < -0.3 is 14.6 Å². The van der Waals surface area contributed by atoms with Crippen LogP contribution in [0.4, 0.5) is 0 Å². The van der Waals surface area contributed by atoms with Crippen LogP contribution in [0, 0.1) is 0 Å². The summed E-state index contributed by atoms with van der Waals surface area (Å²) in [6, 6.07) is 3.02. The largest absolute Gasteiger partial charge is 0.480 e. The van der Waals surface area contributed by atoms with Crippen LogP contribution in [0.15, 0.2) is 12.1 Å². The van der Waals surface area contributed by atoms with Crippen LogP contribution in [0.3, 0.4) is 0 Å². The molecule has 1 aliphatic rings. The summed E-state index contributed by atoms with van der Waals surface area (Å²) in [6.07, 6.45) is 0. The number of hydrogen-bond acceptors (Lipinski definition) is 4. The fourth-order valence-corrected chi connectivity index (χ4v) is 2.01. The molecule has 0 bridgehead atoms. The molecule has 2 rings (SSSR count). The van der Waals surface area contributed by atoms with Crippen molar-refractivity contribution in [3.8, 4) is 11.5 Å². The predicted molar refractivity (Wildman–Crippen MR) is 66.1 cm³/mol. The number of aliphatic carboxylic acids is 1. The maximum atomic E-state index is 10.9. The smallest absolute Gasteiger partial charge is 0.320 e. The van der Waals surface area contributed by atoms with E-state index in [9.17, 15) is 4.79 Å². The van der Waals surface area contributed by atoms with E-state index in [2.05, 4.69) is 0 Å². The third kappa shape index (κ3) is 2.52. The number of halogens is 1. The number of carbonyl (C=O) groups is 1. The first-order chi connectivity index (χ1) is 8.49. The van der Waals surface area contributed by atoms with Crippen LogP contribution in [0.1, 0.15) is 12.5 Å². The van der Waals surface area contributed by atoms with Crippen molar-refractivity contribution in [1.29, 1.82) is 0 Å². The lowest BCUT2D eigenvalue weighted by Gasteiger charge is -2.21. The number of likely N-dealkylation sites (N-methyl/N-ethyl adjacent to an activating group) is 1. The molecule has 0 aliphatic carbocycles. The highest BCUT2D eigenvalue weighted by atomic mass is 35.5. The molecule has 0 saturated heterocycles. The highest BCUT2D eigenvalue weighted by Crippen LogP contribution is 2.40. The Morgan fingerprint density at radius 3 is 2.94 bits per heavy atom. The molecule has 5 nitrogen and oxygen atoms in total. The fourth-order valence-electron chi connectivity index (χ4n) is 1.73. The molecule has 1 unspecified atom stereocenters. The summed E-state index contributed by atoms with van der Waals surface area (Å²) >= 11 is 6.06. The van der Waals surface area contributed by atoms with Gasteiger partial charge in [0.2, 0.25) is 6.79 Å². The van der Waals surface area contributed by atoms with E-state index in [1.165, 1.54) is 0 Å². The molecular formula is C12H14ClNO4. The molecule has 1 aromatic carbocycles. The number of nitrogens with zero attached hydrogens (tertiary/aromatic N) is 1. The van der Waals surface area contributed by atoms with Crippen molar-refractivity contribution in [2.45, 2.75) is 19.5 Å². The Hall–Kier alpha value is -1.46. The molecule has 1 atom stereocenters. The van der Waals surface area contributed by atoms with E-state index >= 15 is 0 Å². The van der Waals surface area contributed by atoms with Crippen molar-refractivity contribution in [3.63, 3.8) is 0 Å². The first-order valence-corrected chi connectivity index (χ1v) is 5.88. The number of fused-ring (bicyclic) bond motifs is 1. The Morgan fingerprint density at radius 2 is 2.28 bits per heavy atom. The standard InChI is InChI=1S/C12H14ClNO4/c1-7(12(15)16)14(2)5-8-3-9(13)11-10(4-8)17-6-18-11/h3-4,7H,5-6H2,1-2H3,(H,15,16). The van der Waals surface area contributed by atoms with Gasteiger partial charge >= 0.3 is 5.97 Å². The number of rotatable bonds is 4. The molecule has 0 radical (unpaired) electrons. The number of benzene rings is 1. The number of hydrogen-bond donors (Lipinski definition) is 1. The summed E-state index contributed by atoms with van der Waals surface area (Å²) in [4.78, 5) is 12.6. The zero-order chi connectivity index (χ0) is 13.3. The van der Waals surface area contributed by atoms with E-state index in [1.54, 1.807) is 24.9 Å². The van der Waals surface area contributed by atoms with Crippen LogP contribution in [0.25, 0.3) is 0 Å². The van der Waals surface area contributed by atoms with E-state index in [1.807, 2.05) is 6.07 Å². The maximum absolute atomic E-state index is 10.9. The molecule has 1 N–H and O–H groups in total. The lowest BCUT2D eigenvalue weighted by atomic mass is 10.1. The van der Waals surface area contributed by atoms with E-state index in [4.69, 9.17) is 26.2 Å². The average molecular weight is 272 g/mol. The molecule has 1 aromatic rings. The summed E-state index contributed by atoms with van der Waals surface area (Å²) in [5.41, 5.74) is 0.889. The van der Waals surface area contributed by atoms with Crippen molar-refractivity contribution in [2.75, 3.05) is 13.8 Å². The molecule has 98 valence electrons. The Kier molecular flexibility index (Phi) is 3.63. The van der Waals surface area contributed by atoms with Gasteiger partial charge in [-0.1, -0.05) is 11.6 Å². The van der Waals surface area contributed by atoms with Crippen LogP contribution in [-0.4, -0.2) is 35.9 Å². The SMILES string of the molecule is CC(C(=O)O)N(C)Cc1cc(Cl)c2c(c1)OCO2. The van der Waals surface area contributed by atoms with Gasteiger partial charge in [0, 0.05) is 6.54 Å². The Bertz CT molecular complexity index is 477. The quantitative estimate of drug-likeness (QED) is 0.907. The van der Waals surface area contributed by atoms with Gasteiger partial charge in [0.25, 0.3) is 0 Å². The minimum Gasteiger partial charge on any atom is -0.480 e. The molecule has 0 aromatic heterocycles. The molecule has 0 spiro atoms. The van der Waals surface area contributed by atoms with Gasteiger partial charge in [-0.25, -0.2) is 0 Å². The minimum atomic E-state index is -0.857. The predicted octanol–water partition coefficient (Wildman–Crippen LogP) is 1.97. The normalized spacial score (nSPS) is 14.9. The van der Waals surface area contributed by atoms with E-state index < -0.39 is 12.0 Å². The van der Waals surface area contributed by atoms with E-state index in [0.29, 0.717) is 23.1 Å². The molecule has 1 heterocycles. The van der Waals surface area contributed by atoms with Gasteiger partial charge in [-0.05, 0) is 31.7 Å². The maximum Gasteiger partial charge on any atom is 0.320 e. The van der Waals surface area contributed by atoms with E-state index in [-0.39, 0.29) is 6.79 Å². The van der Waals surface area contributed by atoms with Crippen LogP contribution in [-0.2, 0) is 11.3 Å². The number of carboxylic acids is 1. The van der Waals surface area contributed by atoms with E-state index in [0.717, 1.165) is 5.56 Å². The van der Waals surface area contributed by atoms with Gasteiger partial charge in [0.05, 0.1) is 5.02 Å². The fraction of sp³-hybridized carbons (Fsp3) is 0.417. The second kappa shape index (κ2) is 5.04. The summed E-state index contributed by atoms with van der Waals surface area (Å²) in [7, 11) is 1.75. The average Bonchev–Trinajstić information content (AvgIpc) is 2.76. The molecule has 0 fully saturated rings.